The van der Waals surface area contributed by atoms with Crippen molar-refractivity contribution in [3.63, 3.8) is 0 Å². The second-order valence-corrected chi connectivity index (χ2v) is 16.3. The van der Waals surface area contributed by atoms with E-state index in [2.05, 4.69) is 54.2 Å². The highest BCUT2D eigenvalue weighted by molar-refractivity contribution is 5.84. The zero-order valence-corrected chi connectivity index (χ0v) is 32.7. The van der Waals surface area contributed by atoms with E-state index < -0.39 is 6.10 Å². The van der Waals surface area contributed by atoms with Crippen LogP contribution in [0.15, 0.2) is 48.5 Å². The summed E-state index contributed by atoms with van der Waals surface area (Å²) in [6.07, 6.45) is 5.07. The lowest BCUT2D eigenvalue weighted by Crippen LogP contribution is -2.31. The van der Waals surface area contributed by atoms with Gasteiger partial charge in [0.1, 0.15) is 48.1 Å². The summed E-state index contributed by atoms with van der Waals surface area (Å²) in [5, 5.41) is 25.6. The molecule has 2 aliphatic carbocycles. The largest absolute Gasteiger partial charge is 0.508 e. The minimum absolute atomic E-state index is 0.0149. The molecule has 1 fully saturated rings. The number of nitrogen functional groups attached to an aromatic ring is 1. The maximum Gasteiger partial charge on any atom is 0.302 e. The van der Waals surface area contributed by atoms with E-state index in [-0.39, 0.29) is 35.4 Å². The number of hydrogen-bond donors (Lipinski definition) is 4. The second-order valence-electron chi connectivity index (χ2n) is 16.3. The molecule has 10 heteroatoms. The maximum atomic E-state index is 12.4. The number of anilines is 1. The fourth-order valence-electron chi connectivity index (χ4n) is 9.52. The van der Waals surface area contributed by atoms with E-state index in [1.165, 1.54) is 6.92 Å². The molecule has 292 valence electrons. The van der Waals surface area contributed by atoms with Crippen LogP contribution in [0.5, 0.6) is 28.7 Å². The zero-order chi connectivity index (χ0) is 39.1. The van der Waals surface area contributed by atoms with Crippen LogP contribution in [0.25, 0.3) is 11.1 Å². The fraction of sp³-hybridized carbons (Fsp3) is 0.435. The number of hydrogen-bond acceptors (Lipinski definition) is 10. The van der Waals surface area contributed by atoms with Crippen molar-refractivity contribution < 1.29 is 34.0 Å². The Hall–Kier alpha value is -5.40. The first kappa shape index (κ1) is 37.5. The number of ether oxygens (including phenoxy) is 4. The van der Waals surface area contributed by atoms with E-state index in [0.29, 0.717) is 60.8 Å². The molecule has 3 heterocycles. The first-order valence-corrected chi connectivity index (χ1v) is 19.8. The first-order chi connectivity index (χ1) is 27.0. The molecule has 0 amide bonds. The molecular weight excluding hydrogens is 707 g/mol. The Morgan fingerprint density at radius 1 is 1.07 bits per heavy atom. The van der Waals surface area contributed by atoms with Crippen LogP contribution >= 0.6 is 0 Å². The normalized spacial score (nSPS) is 21.3. The quantitative estimate of drug-likeness (QED) is 0.0740. The first-order valence-electron chi connectivity index (χ1n) is 19.8. The number of rotatable bonds is 10. The number of carbonyl (C=O) groups excluding carboxylic acids is 1. The number of pyridine rings is 1. The molecule has 1 spiro atoms. The van der Waals surface area contributed by atoms with Gasteiger partial charge in [-0.15, -0.1) is 0 Å². The van der Waals surface area contributed by atoms with Crippen molar-refractivity contribution in [2.24, 2.45) is 11.8 Å². The molecule has 2 aliphatic heterocycles. The van der Waals surface area contributed by atoms with Gasteiger partial charge in [0.15, 0.2) is 11.5 Å². The van der Waals surface area contributed by atoms with Crippen molar-refractivity contribution in [3.8, 4) is 51.7 Å². The van der Waals surface area contributed by atoms with E-state index in [1.54, 1.807) is 19.2 Å². The monoisotopic (exact) mass is 757 g/mol. The van der Waals surface area contributed by atoms with E-state index in [4.69, 9.17) is 24.7 Å². The van der Waals surface area contributed by atoms with Gasteiger partial charge >= 0.3 is 5.97 Å². The molecule has 56 heavy (non-hydrogen) atoms. The van der Waals surface area contributed by atoms with Gasteiger partial charge in [0, 0.05) is 53.6 Å². The van der Waals surface area contributed by atoms with E-state index in [1.807, 2.05) is 18.2 Å². The van der Waals surface area contributed by atoms with Crippen molar-refractivity contribution in [2.75, 3.05) is 39.1 Å². The molecule has 4 bridgehead atoms. The molecule has 1 saturated carbocycles. The van der Waals surface area contributed by atoms with Gasteiger partial charge in [-0.25, -0.2) is 4.98 Å². The molecule has 3 aromatic carbocycles. The number of carbonyl (C=O) groups is 1. The number of nitrogens with zero attached hydrogens (tertiary/aromatic N) is 1. The number of esters is 1. The molecular formula is C46H51N3O7. The van der Waals surface area contributed by atoms with Crippen LogP contribution < -0.4 is 25.3 Å². The second kappa shape index (κ2) is 15.3. The molecule has 0 radical (unpaired) electrons. The summed E-state index contributed by atoms with van der Waals surface area (Å²) in [5.41, 5.74) is 14.3. The number of phenols is 2. The predicted molar refractivity (Wildman–Crippen MR) is 214 cm³/mol. The summed E-state index contributed by atoms with van der Waals surface area (Å²) in [6.45, 7) is 7.80. The van der Waals surface area contributed by atoms with Gasteiger partial charge in [-0.3, -0.25) is 4.79 Å². The Bertz CT molecular complexity index is 2240. The topological polar surface area (TPSA) is 145 Å². The Morgan fingerprint density at radius 3 is 2.73 bits per heavy atom. The SMILES string of the molecule is COc1cc(O)cc2c1-c1ccc3c4c1[C@@]1(CC[C@@H](Cc5ccc(N)nc5C#CCc5cc(O)c(OCCNCCC(C)C)cc5[C@@H](O4)[C@H]3COC(C)=O)C1)C2. The molecule has 1 aromatic heterocycles. The smallest absolute Gasteiger partial charge is 0.302 e. The average Bonchev–Trinajstić information content (AvgIpc) is 3.73. The molecule has 10 nitrogen and oxygen atoms in total. The Balaban J connectivity index is 1.30. The minimum atomic E-state index is -0.580. The molecule has 4 atom stereocenters. The molecule has 0 unspecified atom stereocenters. The van der Waals surface area contributed by atoms with Crippen LogP contribution in [0.2, 0.25) is 0 Å². The third-order valence-electron chi connectivity index (χ3n) is 12.0. The third-order valence-corrected chi connectivity index (χ3v) is 12.0. The van der Waals surface area contributed by atoms with Crippen molar-refractivity contribution >= 4 is 11.8 Å². The van der Waals surface area contributed by atoms with Gasteiger partial charge in [0.25, 0.3) is 0 Å². The Kier molecular flexibility index (Phi) is 10.2. The van der Waals surface area contributed by atoms with Crippen LogP contribution in [0, 0.1) is 23.7 Å². The zero-order valence-electron chi connectivity index (χ0n) is 32.7. The molecule has 4 aliphatic rings. The number of benzene rings is 3. The lowest BCUT2D eigenvalue weighted by atomic mass is 9.65. The molecule has 5 N–H and O–H groups in total. The highest BCUT2D eigenvalue weighted by atomic mass is 16.5. The standard InChI is InChI=1S/C46H51N3O7/c1-26(2)13-15-48-16-17-54-39-22-35-29(20-38(39)52)6-5-7-37-30(8-11-41(47)49-37)18-28-12-14-46(23-28)24-31-19-32(51)21-40(53-4)42(31)34-10-9-33-36(25-55-27(3)50)44(35)56-45(33)43(34)46/h8-11,19-22,26,28,36,44,48,51-52H,6,12-18,23-25H2,1-4H3,(H2,47,49)/t28-,36-,44+,46+/m0/s1. The number of fused-ring (bicyclic) bond motifs is 7. The van der Waals surface area contributed by atoms with Crippen molar-refractivity contribution in [2.45, 2.75) is 83.2 Å². The lowest BCUT2D eigenvalue weighted by molar-refractivity contribution is -0.141. The van der Waals surface area contributed by atoms with E-state index in [9.17, 15) is 15.0 Å². The van der Waals surface area contributed by atoms with Gasteiger partial charge in [-0.05, 0) is 109 Å². The third kappa shape index (κ3) is 7.09. The Morgan fingerprint density at radius 2 is 1.93 bits per heavy atom. The predicted octanol–water partition coefficient (Wildman–Crippen LogP) is 7.29. The van der Waals surface area contributed by atoms with Crippen LogP contribution in [0.3, 0.4) is 0 Å². The molecule has 8 rings (SSSR count). The van der Waals surface area contributed by atoms with Gasteiger partial charge in [0.2, 0.25) is 0 Å². The van der Waals surface area contributed by atoms with Gasteiger partial charge in [-0.2, -0.15) is 0 Å². The van der Waals surface area contributed by atoms with Crippen LogP contribution in [-0.2, 0) is 34.2 Å². The summed E-state index contributed by atoms with van der Waals surface area (Å²) in [5.74, 6) is 9.25. The number of nitrogens with two attached hydrogens (primary N) is 1. The van der Waals surface area contributed by atoms with Crippen molar-refractivity contribution in [1.82, 2.24) is 10.3 Å². The maximum absolute atomic E-state index is 12.4. The van der Waals surface area contributed by atoms with E-state index >= 15 is 0 Å². The lowest BCUT2D eigenvalue weighted by Gasteiger charge is -2.39. The highest BCUT2D eigenvalue weighted by Gasteiger charge is 2.51. The van der Waals surface area contributed by atoms with Gasteiger partial charge < -0.3 is 40.2 Å². The number of phenolic OH excluding ortho intramolecular Hbond substituents is 2. The summed E-state index contributed by atoms with van der Waals surface area (Å²) in [7, 11) is 1.63. The van der Waals surface area contributed by atoms with Crippen LogP contribution in [-0.4, -0.2) is 54.6 Å². The average molecular weight is 758 g/mol. The highest BCUT2D eigenvalue weighted by Crippen LogP contribution is 2.62. The number of methoxy groups -OCH3 is 1. The van der Waals surface area contributed by atoms with Gasteiger partial charge in [-0.1, -0.05) is 38.0 Å². The summed E-state index contributed by atoms with van der Waals surface area (Å²) < 4.78 is 25.2. The summed E-state index contributed by atoms with van der Waals surface area (Å²) in [4.78, 5) is 17.1. The number of nitrogens with one attached hydrogen (secondary N) is 1. The van der Waals surface area contributed by atoms with Crippen LogP contribution in [0.1, 0.15) is 97.6 Å². The molecule has 4 aromatic rings. The van der Waals surface area contributed by atoms with Crippen molar-refractivity contribution in [1.29, 1.82) is 0 Å². The van der Waals surface area contributed by atoms with Crippen LogP contribution in [0.4, 0.5) is 5.82 Å². The summed E-state index contributed by atoms with van der Waals surface area (Å²) in [6, 6.07) is 15.3. The van der Waals surface area contributed by atoms with E-state index in [0.717, 1.165) is 88.9 Å². The fourth-order valence-corrected chi connectivity index (χ4v) is 9.52. The minimum Gasteiger partial charge on any atom is -0.508 e. The summed E-state index contributed by atoms with van der Waals surface area (Å²) >= 11 is 0. The molecule has 0 saturated heterocycles. The van der Waals surface area contributed by atoms with Crippen molar-refractivity contribution in [3.05, 3.63) is 87.6 Å². The Labute approximate surface area is 328 Å². The number of aromatic nitrogens is 1. The number of aromatic hydroxyl groups is 2. The van der Waals surface area contributed by atoms with Gasteiger partial charge in [0.05, 0.1) is 13.0 Å².